The van der Waals surface area contributed by atoms with Gasteiger partial charge in [0.25, 0.3) is 0 Å². The van der Waals surface area contributed by atoms with Crippen LogP contribution in [-0.2, 0) is 4.74 Å². The fraction of sp³-hybridized carbons (Fsp3) is 0.611. The number of anilines is 1. The Kier molecular flexibility index (Phi) is 10.5. The van der Waals surface area contributed by atoms with Crippen LogP contribution in [0.5, 0.6) is 0 Å². The number of hydrogen-bond donors (Lipinski definition) is 2. The van der Waals surface area contributed by atoms with Gasteiger partial charge in [-0.15, -0.1) is 24.0 Å². The summed E-state index contributed by atoms with van der Waals surface area (Å²) < 4.78 is 5.33. The molecule has 0 bridgehead atoms. The molecule has 0 aliphatic carbocycles. The predicted octanol–water partition coefficient (Wildman–Crippen LogP) is 3.29. The summed E-state index contributed by atoms with van der Waals surface area (Å²) in [7, 11) is 1.80. The number of rotatable bonds is 7. The lowest BCUT2D eigenvalue weighted by atomic mass is 10.1. The minimum Gasteiger partial charge on any atom is -0.380 e. The van der Waals surface area contributed by atoms with Crippen LogP contribution in [0.25, 0.3) is 0 Å². The molecule has 0 spiro atoms. The molecule has 1 aromatic rings. The van der Waals surface area contributed by atoms with Crippen molar-refractivity contribution in [2.45, 2.75) is 20.3 Å². The van der Waals surface area contributed by atoms with Gasteiger partial charge in [-0.25, -0.2) is 0 Å². The number of benzene rings is 1. The fourth-order valence-electron chi connectivity index (χ4n) is 2.99. The van der Waals surface area contributed by atoms with Crippen molar-refractivity contribution in [3.05, 3.63) is 28.8 Å². The molecule has 142 valence electrons. The van der Waals surface area contributed by atoms with Crippen LogP contribution in [0.4, 0.5) is 5.69 Å². The predicted molar refractivity (Wildman–Crippen MR) is 118 cm³/mol. The van der Waals surface area contributed by atoms with E-state index in [4.69, 9.17) is 16.3 Å². The first-order chi connectivity index (χ1) is 11.6. The molecule has 1 aliphatic rings. The quantitative estimate of drug-likeness (QED) is 0.272. The van der Waals surface area contributed by atoms with Crippen LogP contribution < -0.4 is 15.5 Å². The first-order valence-electron chi connectivity index (χ1n) is 8.67. The van der Waals surface area contributed by atoms with Gasteiger partial charge >= 0.3 is 0 Å². The highest BCUT2D eigenvalue weighted by atomic mass is 127. The molecule has 0 saturated carbocycles. The molecule has 1 aliphatic heterocycles. The zero-order chi connectivity index (χ0) is 17.4. The Labute approximate surface area is 173 Å². The second-order valence-electron chi connectivity index (χ2n) is 6.11. The molecule has 1 saturated heterocycles. The number of hydrogen-bond acceptors (Lipinski definition) is 3. The molecule has 2 N–H and O–H groups in total. The number of nitrogens with one attached hydrogen (secondary N) is 2. The first kappa shape index (κ1) is 22.3. The maximum atomic E-state index is 6.15. The lowest BCUT2D eigenvalue weighted by Gasteiger charge is -2.21. The Morgan fingerprint density at radius 3 is 2.92 bits per heavy atom. The number of aliphatic imine (C=N–C) groups is 1. The first-order valence-corrected chi connectivity index (χ1v) is 9.05. The Morgan fingerprint density at radius 1 is 1.40 bits per heavy atom. The molecule has 1 atom stereocenters. The average molecular weight is 481 g/mol. The van der Waals surface area contributed by atoms with Gasteiger partial charge in [0.15, 0.2) is 5.96 Å². The third kappa shape index (κ3) is 7.19. The van der Waals surface area contributed by atoms with E-state index in [0.29, 0.717) is 12.5 Å². The maximum absolute atomic E-state index is 6.15. The van der Waals surface area contributed by atoms with Crippen LogP contribution >= 0.6 is 35.6 Å². The molecular formula is C18H30ClIN4O. The lowest BCUT2D eigenvalue weighted by molar-refractivity contribution is 0.152. The molecule has 2 rings (SSSR count). The van der Waals surface area contributed by atoms with Gasteiger partial charge < -0.3 is 20.3 Å². The van der Waals surface area contributed by atoms with Crippen molar-refractivity contribution in [1.82, 2.24) is 10.6 Å². The molecule has 5 nitrogen and oxygen atoms in total. The molecule has 0 radical (unpaired) electrons. The van der Waals surface area contributed by atoms with Crippen molar-refractivity contribution in [2.75, 3.05) is 51.3 Å². The van der Waals surface area contributed by atoms with Crippen molar-refractivity contribution in [2.24, 2.45) is 10.9 Å². The summed E-state index contributed by atoms with van der Waals surface area (Å²) in [6.07, 6.45) is 1.18. The molecule has 0 amide bonds. The fourth-order valence-corrected chi connectivity index (χ4v) is 3.16. The Balaban J connectivity index is 0.00000312. The number of ether oxygens (including phenoxy) is 1. The van der Waals surface area contributed by atoms with E-state index in [-0.39, 0.29) is 24.0 Å². The molecule has 1 unspecified atom stereocenters. The van der Waals surface area contributed by atoms with Gasteiger partial charge in [-0.3, -0.25) is 4.99 Å². The molecule has 1 heterocycles. The third-order valence-corrected chi connectivity index (χ3v) is 4.56. The Bertz CT molecular complexity index is 556. The third-order valence-electron chi connectivity index (χ3n) is 4.32. The summed E-state index contributed by atoms with van der Waals surface area (Å²) in [4.78, 5) is 6.69. The molecule has 25 heavy (non-hydrogen) atoms. The van der Waals surface area contributed by atoms with Crippen LogP contribution in [0.15, 0.2) is 23.2 Å². The van der Waals surface area contributed by atoms with E-state index >= 15 is 0 Å². The SMILES string of the molecule is CCOCCNC(=NC)NCC1CCN(c2cc(Cl)ccc2C)C1.I. The number of guanidine groups is 1. The molecular weight excluding hydrogens is 451 g/mol. The van der Waals surface area contributed by atoms with E-state index in [1.165, 1.54) is 17.7 Å². The monoisotopic (exact) mass is 480 g/mol. The zero-order valence-corrected chi connectivity index (χ0v) is 18.4. The van der Waals surface area contributed by atoms with Crippen LogP contribution in [-0.4, -0.2) is 52.4 Å². The zero-order valence-electron chi connectivity index (χ0n) is 15.3. The normalized spacial score (nSPS) is 17.4. The summed E-state index contributed by atoms with van der Waals surface area (Å²) in [6, 6.07) is 6.11. The van der Waals surface area contributed by atoms with Crippen LogP contribution in [0.3, 0.4) is 0 Å². The second kappa shape index (κ2) is 11.8. The van der Waals surface area contributed by atoms with Gasteiger partial charge in [0.1, 0.15) is 0 Å². The molecule has 1 fully saturated rings. The smallest absolute Gasteiger partial charge is 0.191 e. The standard InChI is InChI=1S/C18H29ClN4O.HI/c1-4-24-10-8-21-18(20-3)22-12-15-7-9-23(13-15)17-11-16(19)6-5-14(17)2;/h5-6,11,15H,4,7-10,12-13H2,1-3H3,(H2,20,21,22);1H. The van der Waals surface area contributed by atoms with E-state index in [0.717, 1.165) is 43.8 Å². The lowest BCUT2D eigenvalue weighted by Crippen LogP contribution is -2.41. The topological polar surface area (TPSA) is 48.9 Å². The van der Waals surface area contributed by atoms with Crippen LogP contribution in [0, 0.1) is 12.8 Å². The summed E-state index contributed by atoms with van der Waals surface area (Å²) in [5.41, 5.74) is 2.53. The maximum Gasteiger partial charge on any atom is 0.191 e. The van der Waals surface area contributed by atoms with Gasteiger partial charge in [0.2, 0.25) is 0 Å². The van der Waals surface area contributed by atoms with E-state index in [1.54, 1.807) is 7.05 Å². The van der Waals surface area contributed by atoms with Crippen molar-refractivity contribution >= 4 is 47.2 Å². The summed E-state index contributed by atoms with van der Waals surface area (Å²) in [5.74, 6) is 1.45. The van der Waals surface area contributed by atoms with Crippen LogP contribution in [0.2, 0.25) is 5.02 Å². The molecule has 0 aromatic heterocycles. The van der Waals surface area contributed by atoms with Crippen LogP contribution in [0.1, 0.15) is 18.9 Å². The largest absolute Gasteiger partial charge is 0.380 e. The Morgan fingerprint density at radius 2 is 2.20 bits per heavy atom. The van der Waals surface area contributed by atoms with Crippen molar-refractivity contribution in [3.63, 3.8) is 0 Å². The number of aryl methyl sites for hydroxylation is 1. The van der Waals surface area contributed by atoms with Gasteiger partial charge in [-0.05, 0) is 43.9 Å². The van der Waals surface area contributed by atoms with E-state index in [9.17, 15) is 0 Å². The highest BCUT2D eigenvalue weighted by molar-refractivity contribution is 14.0. The molecule has 7 heteroatoms. The van der Waals surface area contributed by atoms with Gasteiger partial charge in [-0.2, -0.15) is 0 Å². The highest BCUT2D eigenvalue weighted by Crippen LogP contribution is 2.29. The van der Waals surface area contributed by atoms with E-state index in [1.807, 2.05) is 13.0 Å². The summed E-state index contributed by atoms with van der Waals surface area (Å²) in [5, 5.41) is 7.49. The number of nitrogens with zero attached hydrogens (tertiary/aromatic N) is 2. The van der Waals surface area contributed by atoms with E-state index < -0.39 is 0 Å². The summed E-state index contributed by atoms with van der Waals surface area (Å²) in [6.45, 7) is 9.39. The Hall–Kier alpha value is -0.730. The average Bonchev–Trinajstić information content (AvgIpc) is 3.05. The number of halogens is 2. The van der Waals surface area contributed by atoms with Gasteiger partial charge in [0.05, 0.1) is 6.61 Å². The van der Waals surface area contributed by atoms with Crippen molar-refractivity contribution in [3.8, 4) is 0 Å². The second-order valence-corrected chi connectivity index (χ2v) is 6.54. The van der Waals surface area contributed by atoms with E-state index in [2.05, 4.69) is 39.6 Å². The van der Waals surface area contributed by atoms with Gasteiger partial charge in [-0.1, -0.05) is 17.7 Å². The summed E-state index contributed by atoms with van der Waals surface area (Å²) >= 11 is 6.15. The van der Waals surface area contributed by atoms with Gasteiger partial charge in [0, 0.05) is 50.5 Å². The molecule has 1 aromatic carbocycles. The van der Waals surface area contributed by atoms with Crippen molar-refractivity contribution in [1.29, 1.82) is 0 Å². The minimum absolute atomic E-state index is 0. The minimum atomic E-state index is 0. The van der Waals surface area contributed by atoms with Crippen molar-refractivity contribution < 1.29 is 4.74 Å². The highest BCUT2D eigenvalue weighted by Gasteiger charge is 2.23.